The van der Waals surface area contributed by atoms with Crippen molar-refractivity contribution < 1.29 is 14.4 Å². The van der Waals surface area contributed by atoms with E-state index >= 15 is 0 Å². The molecule has 7 nitrogen and oxygen atoms in total. The number of benzene rings is 1. The third kappa shape index (κ3) is 3.50. The predicted molar refractivity (Wildman–Crippen MR) is 93.5 cm³/mol. The Bertz CT molecular complexity index is 819. The summed E-state index contributed by atoms with van der Waals surface area (Å²) in [7, 11) is 1.88. The Labute approximate surface area is 145 Å². The quantitative estimate of drug-likeness (QED) is 0.805. The van der Waals surface area contributed by atoms with Crippen molar-refractivity contribution in [3.05, 3.63) is 36.0 Å². The lowest BCUT2D eigenvalue weighted by Crippen LogP contribution is -2.47. The number of aryl methyl sites for hydroxylation is 1. The zero-order chi connectivity index (χ0) is 18.0. The highest BCUT2D eigenvalue weighted by atomic mass is 16.2. The van der Waals surface area contributed by atoms with Crippen LogP contribution in [-0.2, 0) is 16.6 Å². The summed E-state index contributed by atoms with van der Waals surface area (Å²) in [6, 6.07) is 7.61. The van der Waals surface area contributed by atoms with Crippen LogP contribution in [0.5, 0.6) is 0 Å². The predicted octanol–water partition coefficient (Wildman–Crippen LogP) is 1.20. The molecule has 1 aromatic heterocycles. The number of nitrogens with zero attached hydrogens (tertiary/aromatic N) is 2. The van der Waals surface area contributed by atoms with Gasteiger partial charge in [-0.2, -0.15) is 0 Å². The molecule has 3 rings (SSSR count). The number of rotatable bonds is 2. The molecule has 0 saturated carbocycles. The first-order chi connectivity index (χ1) is 12.0. The van der Waals surface area contributed by atoms with E-state index in [1.807, 2.05) is 35.9 Å². The maximum atomic E-state index is 12.4. The van der Waals surface area contributed by atoms with Gasteiger partial charge in [0.1, 0.15) is 0 Å². The van der Waals surface area contributed by atoms with Crippen LogP contribution in [0, 0.1) is 5.92 Å². The number of hydrogen-bond donors (Lipinski definition) is 2. The number of aromatic nitrogens is 1. The van der Waals surface area contributed by atoms with Crippen molar-refractivity contribution in [3.63, 3.8) is 0 Å². The first-order valence-corrected chi connectivity index (χ1v) is 8.37. The van der Waals surface area contributed by atoms with Gasteiger partial charge in [-0.15, -0.1) is 0 Å². The zero-order valence-corrected chi connectivity index (χ0v) is 14.4. The lowest BCUT2D eigenvalue weighted by molar-refractivity contribution is -0.134. The van der Waals surface area contributed by atoms with Crippen LogP contribution in [0.25, 0.3) is 10.9 Å². The van der Waals surface area contributed by atoms with Crippen LogP contribution in [0.1, 0.15) is 30.1 Å². The molecule has 132 valence electrons. The molecule has 3 amide bonds. The van der Waals surface area contributed by atoms with E-state index in [4.69, 9.17) is 0 Å². The van der Waals surface area contributed by atoms with Crippen molar-refractivity contribution in [2.75, 3.05) is 13.1 Å². The molecule has 1 saturated heterocycles. The van der Waals surface area contributed by atoms with Gasteiger partial charge in [0.25, 0.3) is 5.91 Å². The molecule has 1 aliphatic rings. The number of carbonyl (C=O) groups is 3. The second-order valence-electron chi connectivity index (χ2n) is 6.39. The third-order valence-corrected chi connectivity index (χ3v) is 4.75. The SMILES string of the molecule is CC(=O)N1CCC(C(=O)NNC(=O)c2cn(C)c3ccccc23)CC1. The Morgan fingerprint density at radius 1 is 1.08 bits per heavy atom. The fourth-order valence-corrected chi connectivity index (χ4v) is 3.27. The number of piperidine rings is 1. The molecule has 0 unspecified atom stereocenters. The number of carbonyl (C=O) groups excluding carboxylic acids is 3. The molecule has 0 bridgehead atoms. The fourth-order valence-electron chi connectivity index (χ4n) is 3.27. The average Bonchev–Trinajstić information content (AvgIpc) is 2.97. The summed E-state index contributed by atoms with van der Waals surface area (Å²) in [5.74, 6) is -0.713. The Balaban J connectivity index is 1.59. The molecular formula is C18H22N4O3. The highest BCUT2D eigenvalue weighted by Gasteiger charge is 2.26. The number of fused-ring (bicyclic) bond motifs is 1. The Morgan fingerprint density at radius 2 is 1.76 bits per heavy atom. The van der Waals surface area contributed by atoms with Gasteiger partial charge in [0, 0.05) is 50.1 Å². The molecule has 7 heteroatoms. The van der Waals surface area contributed by atoms with E-state index in [0.29, 0.717) is 31.5 Å². The molecule has 2 N–H and O–H groups in total. The van der Waals surface area contributed by atoms with Gasteiger partial charge < -0.3 is 9.47 Å². The van der Waals surface area contributed by atoms with Gasteiger partial charge >= 0.3 is 0 Å². The zero-order valence-electron chi connectivity index (χ0n) is 14.4. The van der Waals surface area contributed by atoms with Gasteiger partial charge in [-0.3, -0.25) is 25.2 Å². The summed E-state index contributed by atoms with van der Waals surface area (Å²) >= 11 is 0. The molecule has 25 heavy (non-hydrogen) atoms. The first kappa shape index (κ1) is 17.0. The summed E-state index contributed by atoms with van der Waals surface area (Å²) in [5.41, 5.74) is 6.49. The van der Waals surface area contributed by atoms with E-state index in [1.54, 1.807) is 11.1 Å². The number of likely N-dealkylation sites (tertiary alicyclic amines) is 1. The van der Waals surface area contributed by atoms with E-state index in [9.17, 15) is 14.4 Å². The Hall–Kier alpha value is -2.83. The van der Waals surface area contributed by atoms with Crippen molar-refractivity contribution in [3.8, 4) is 0 Å². The fraction of sp³-hybridized carbons (Fsp3) is 0.389. The molecule has 1 fully saturated rings. The Kier molecular flexibility index (Phi) is 4.74. The lowest BCUT2D eigenvalue weighted by atomic mass is 9.96. The lowest BCUT2D eigenvalue weighted by Gasteiger charge is -2.30. The molecule has 2 heterocycles. The van der Waals surface area contributed by atoms with Crippen molar-refractivity contribution in [2.45, 2.75) is 19.8 Å². The number of amides is 3. The summed E-state index contributed by atoms with van der Waals surface area (Å²) < 4.78 is 1.88. The molecule has 0 aliphatic carbocycles. The van der Waals surface area contributed by atoms with Crippen LogP contribution in [0.15, 0.2) is 30.5 Å². The molecule has 2 aromatic rings. The Morgan fingerprint density at radius 3 is 2.44 bits per heavy atom. The standard InChI is InChI=1S/C18H22N4O3/c1-12(23)22-9-7-13(8-10-22)17(24)19-20-18(25)15-11-21(2)16-6-4-3-5-14(15)16/h3-6,11,13H,7-10H2,1-2H3,(H,19,24)(H,20,25). The molecule has 1 aliphatic heterocycles. The minimum atomic E-state index is -0.341. The topological polar surface area (TPSA) is 83.4 Å². The van der Waals surface area contributed by atoms with E-state index < -0.39 is 0 Å². The van der Waals surface area contributed by atoms with Gasteiger partial charge in [0.05, 0.1) is 5.56 Å². The minimum absolute atomic E-state index is 0.0307. The highest BCUT2D eigenvalue weighted by Crippen LogP contribution is 2.20. The van der Waals surface area contributed by atoms with Gasteiger partial charge in [-0.05, 0) is 18.9 Å². The summed E-state index contributed by atoms with van der Waals surface area (Å²) in [5, 5.41) is 0.839. The van der Waals surface area contributed by atoms with E-state index in [0.717, 1.165) is 10.9 Å². The number of para-hydroxylation sites is 1. The van der Waals surface area contributed by atoms with Gasteiger partial charge in [-0.1, -0.05) is 18.2 Å². The van der Waals surface area contributed by atoms with E-state index in [1.165, 1.54) is 6.92 Å². The third-order valence-electron chi connectivity index (χ3n) is 4.75. The summed E-state index contributed by atoms with van der Waals surface area (Å²) in [4.78, 5) is 37.7. The van der Waals surface area contributed by atoms with E-state index in [2.05, 4.69) is 10.9 Å². The second kappa shape index (κ2) is 6.96. The summed E-state index contributed by atoms with van der Waals surface area (Å²) in [6.07, 6.45) is 2.96. The van der Waals surface area contributed by atoms with E-state index in [-0.39, 0.29) is 23.6 Å². The molecule has 0 radical (unpaired) electrons. The molecular weight excluding hydrogens is 320 g/mol. The van der Waals surface area contributed by atoms with Gasteiger partial charge in [0.2, 0.25) is 11.8 Å². The summed E-state index contributed by atoms with van der Waals surface area (Å²) in [6.45, 7) is 2.68. The number of hydrogen-bond acceptors (Lipinski definition) is 3. The van der Waals surface area contributed by atoms with Crippen molar-refractivity contribution in [1.82, 2.24) is 20.3 Å². The monoisotopic (exact) mass is 342 g/mol. The first-order valence-electron chi connectivity index (χ1n) is 8.37. The number of nitrogens with one attached hydrogen (secondary N) is 2. The highest BCUT2D eigenvalue weighted by molar-refractivity contribution is 6.07. The van der Waals surface area contributed by atoms with Crippen molar-refractivity contribution >= 4 is 28.6 Å². The largest absolute Gasteiger partial charge is 0.350 e. The number of hydrazine groups is 1. The normalized spacial score (nSPS) is 15.2. The molecule has 0 spiro atoms. The second-order valence-corrected chi connectivity index (χ2v) is 6.39. The maximum Gasteiger partial charge on any atom is 0.271 e. The average molecular weight is 342 g/mol. The van der Waals surface area contributed by atoms with Gasteiger partial charge in [0.15, 0.2) is 0 Å². The van der Waals surface area contributed by atoms with Crippen LogP contribution in [0.3, 0.4) is 0 Å². The smallest absolute Gasteiger partial charge is 0.271 e. The van der Waals surface area contributed by atoms with Crippen LogP contribution in [-0.4, -0.2) is 40.3 Å². The van der Waals surface area contributed by atoms with Crippen LogP contribution in [0.2, 0.25) is 0 Å². The van der Waals surface area contributed by atoms with Crippen LogP contribution in [0.4, 0.5) is 0 Å². The molecule has 1 aromatic carbocycles. The minimum Gasteiger partial charge on any atom is -0.350 e. The van der Waals surface area contributed by atoms with Crippen molar-refractivity contribution in [2.24, 2.45) is 13.0 Å². The maximum absolute atomic E-state index is 12.4. The van der Waals surface area contributed by atoms with Crippen molar-refractivity contribution in [1.29, 1.82) is 0 Å². The van der Waals surface area contributed by atoms with Crippen LogP contribution >= 0.6 is 0 Å². The molecule has 0 atom stereocenters. The van der Waals surface area contributed by atoms with Crippen LogP contribution < -0.4 is 10.9 Å². The van der Waals surface area contributed by atoms with Gasteiger partial charge in [-0.25, -0.2) is 0 Å².